The summed E-state index contributed by atoms with van der Waals surface area (Å²) < 4.78 is 1.13. The molecule has 0 radical (unpaired) electrons. The maximum absolute atomic E-state index is 3.52. The lowest BCUT2D eigenvalue weighted by molar-refractivity contribution is 0.687. The fraction of sp³-hybridized carbons (Fsp3) is 0.294. The smallest absolute Gasteiger partial charge is 0.0576 e. The SMILES string of the molecule is CCc1ccc(C(NC)c2ccc(Br)cc2C)cc1. The molecule has 0 fully saturated rings. The Balaban J connectivity index is 2.37. The van der Waals surface area contributed by atoms with Gasteiger partial charge < -0.3 is 5.32 Å². The molecule has 1 unspecified atom stereocenters. The minimum atomic E-state index is 0.249. The minimum Gasteiger partial charge on any atom is -0.309 e. The molecule has 0 saturated carbocycles. The summed E-state index contributed by atoms with van der Waals surface area (Å²) in [5.41, 5.74) is 5.32. The first-order chi connectivity index (χ1) is 9.15. The lowest BCUT2D eigenvalue weighted by Gasteiger charge is -2.20. The molecular formula is C17H20BrN. The predicted molar refractivity (Wildman–Crippen MR) is 85.6 cm³/mol. The highest BCUT2D eigenvalue weighted by molar-refractivity contribution is 9.10. The minimum absolute atomic E-state index is 0.249. The van der Waals surface area contributed by atoms with Crippen molar-refractivity contribution in [1.29, 1.82) is 0 Å². The first kappa shape index (κ1) is 14.3. The van der Waals surface area contributed by atoms with Crippen LogP contribution in [0.15, 0.2) is 46.9 Å². The fourth-order valence-electron chi connectivity index (χ4n) is 2.41. The molecule has 1 N–H and O–H groups in total. The topological polar surface area (TPSA) is 12.0 Å². The van der Waals surface area contributed by atoms with Crippen molar-refractivity contribution in [2.45, 2.75) is 26.3 Å². The zero-order chi connectivity index (χ0) is 13.8. The molecule has 0 amide bonds. The van der Waals surface area contributed by atoms with E-state index in [0.29, 0.717) is 0 Å². The molecule has 1 atom stereocenters. The zero-order valence-corrected chi connectivity index (χ0v) is 13.3. The Kier molecular flexibility index (Phi) is 4.78. The molecule has 19 heavy (non-hydrogen) atoms. The molecule has 0 aliphatic carbocycles. The van der Waals surface area contributed by atoms with Crippen LogP contribution in [-0.2, 0) is 6.42 Å². The Morgan fingerprint density at radius 2 is 1.79 bits per heavy atom. The monoisotopic (exact) mass is 317 g/mol. The van der Waals surface area contributed by atoms with Crippen LogP contribution in [0.4, 0.5) is 0 Å². The molecule has 1 nitrogen and oxygen atoms in total. The van der Waals surface area contributed by atoms with E-state index in [1.165, 1.54) is 22.3 Å². The molecule has 0 aliphatic heterocycles. The largest absolute Gasteiger partial charge is 0.309 e. The third kappa shape index (κ3) is 3.26. The summed E-state index contributed by atoms with van der Waals surface area (Å²) in [6.45, 7) is 4.34. The highest BCUT2D eigenvalue weighted by Gasteiger charge is 2.14. The van der Waals surface area contributed by atoms with Gasteiger partial charge in [-0.05, 0) is 54.8 Å². The van der Waals surface area contributed by atoms with Gasteiger partial charge in [-0.2, -0.15) is 0 Å². The molecule has 2 heteroatoms. The Morgan fingerprint density at radius 3 is 2.32 bits per heavy atom. The number of hydrogen-bond donors (Lipinski definition) is 1. The van der Waals surface area contributed by atoms with Crippen molar-refractivity contribution in [3.05, 3.63) is 69.2 Å². The van der Waals surface area contributed by atoms with E-state index in [4.69, 9.17) is 0 Å². The summed E-state index contributed by atoms with van der Waals surface area (Å²) in [7, 11) is 2.01. The van der Waals surface area contributed by atoms with E-state index in [1.807, 2.05) is 7.05 Å². The number of nitrogens with one attached hydrogen (secondary N) is 1. The van der Waals surface area contributed by atoms with Crippen molar-refractivity contribution < 1.29 is 0 Å². The van der Waals surface area contributed by atoms with E-state index in [2.05, 4.69) is 77.6 Å². The van der Waals surface area contributed by atoms with E-state index < -0.39 is 0 Å². The maximum Gasteiger partial charge on any atom is 0.0576 e. The van der Waals surface area contributed by atoms with Crippen molar-refractivity contribution in [1.82, 2.24) is 5.32 Å². The summed E-state index contributed by atoms with van der Waals surface area (Å²) in [5, 5.41) is 3.42. The van der Waals surface area contributed by atoms with Gasteiger partial charge in [0.05, 0.1) is 6.04 Å². The third-order valence-corrected chi connectivity index (χ3v) is 4.05. The van der Waals surface area contributed by atoms with Gasteiger partial charge >= 0.3 is 0 Å². The number of halogens is 1. The number of aryl methyl sites for hydroxylation is 2. The fourth-order valence-corrected chi connectivity index (χ4v) is 2.89. The van der Waals surface area contributed by atoms with Crippen LogP contribution in [0.2, 0.25) is 0 Å². The van der Waals surface area contributed by atoms with Crippen molar-refractivity contribution >= 4 is 15.9 Å². The third-order valence-electron chi connectivity index (χ3n) is 3.55. The van der Waals surface area contributed by atoms with Gasteiger partial charge in [0, 0.05) is 4.47 Å². The van der Waals surface area contributed by atoms with Gasteiger partial charge in [0.15, 0.2) is 0 Å². The molecule has 0 bridgehead atoms. The second-order valence-electron chi connectivity index (χ2n) is 4.82. The summed E-state index contributed by atoms with van der Waals surface area (Å²) >= 11 is 3.52. The Labute approximate surface area is 124 Å². The van der Waals surface area contributed by atoms with Gasteiger partial charge in [0.2, 0.25) is 0 Å². The van der Waals surface area contributed by atoms with Gasteiger partial charge in [0.1, 0.15) is 0 Å². The molecule has 0 spiro atoms. The lowest BCUT2D eigenvalue weighted by atomic mass is 9.94. The highest BCUT2D eigenvalue weighted by Crippen LogP contribution is 2.27. The molecule has 0 aromatic heterocycles. The van der Waals surface area contributed by atoms with Gasteiger partial charge in [-0.1, -0.05) is 53.2 Å². The second-order valence-corrected chi connectivity index (χ2v) is 5.73. The quantitative estimate of drug-likeness (QED) is 0.867. The summed E-state index contributed by atoms with van der Waals surface area (Å²) in [5.74, 6) is 0. The average Bonchev–Trinajstić information content (AvgIpc) is 2.42. The average molecular weight is 318 g/mol. The van der Waals surface area contributed by atoms with Gasteiger partial charge in [-0.3, -0.25) is 0 Å². The predicted octanol–water partition coefficient (Wildman–Crippen LogP) is 4.63. The van der Waals surface area contributed by atoms with Crippen molar-refractivity contribution in [3.63, 3.8) is 0 Å². The highest BCUT2D eigenvalue weighted by atomic mass is 79.9. The van der Waals surface area contributed by atoms with Crippen LogP contribution >= 0.6 is 15.9 Å². The molecule has 2 aromatic carbocycles. The summed E-state index contributed by atoms with van der Waals surface area (Å²) in [4.78, 5) is 0. The van der Waals surface area contributed by atoms with Crippen LogP contribution in [0.25, 0.3) is 0 Å². The molecule has 2 rings (SSSR count). The van der Waals surface area contributed by atoms with Gasteiger partial charge in [0.25, 0.3) is 0 Å². The zero-order valence-electron chi connectivity index (χ0n) is 11.7. The Morgan fingerprint density at radius 1 is 1.11 bits per heavy atom. The number of hydrogen-bond acceptors (Lipinski definition) is 1. The van der Waals surface area contributed by atoms with E-state index in [1.54, 1.807) is 0 Å². The first-order valence-corrected chi connectivity index (χ1v) is 7.47. The van der Waals surface area contributed by atoms with Crippen LogP contribution in [-0.4, -0.2) is 7.05 Å². The van der Waals surface area contributed by atoms with Crippen LogP contribution in [0.1, 0.15) is 35.2 Å². The lowest BCUT2D eigenvalue weighted by Crippen LogP contribution is -2.18. The number of benzene rings is 2. The Bertz CT molecular complexity index is 546. The van der Waals surface area contributed by atoms with Crippen LogP contribution < -0.4 is 5.32 Å². The van der Waals surface area contributed by atoms with Crippen molar-refractivity contribution in [3.8, 4) is 0 Å². The van der Waals surface area contributed by atoms with Crippen LogP contribution in [0, 0.1) is 6.92 Å². The van der Waals surface area contributed by atoms with Crippen LogP contribution in [0.3, 0.4) is 0 Å². The normalized spacial score (nSPS) is 12.4. The van der Waals surface area contributed by atoms with E-state index >= 15 is 0 Å². The standard InChI is InChI=1S/C17H20BrN/c1-4-13-5-7-14(8-6-13)17(19-3)16-10-9-15(18)11-12(16)2/h5-11,17,19H,4H2,1-3H3. The molecule has 2 aromatic rings. The van der Waals surface area contributed by atoms with E-state index in [-0.39, 0.29) is 6.04 Å². The first-order valence-electron chi connectivity index (χ1n) is 6.68. The van der Waals surface area contributed by atoms with Crippen LogP contribution in [0.5, 0.6) is 0 Å². The van der Waals surface area contributed by atoms with E-state index in [9.17, 15) is 0 Å². The number of rotatable bonds is 4. The summed E-state index contributed by atoms with van der Waals surface area (Å²) in [6.07, 6.45) is 1.09. The van der Waals surface area contributed by atoms with Crippen molar-refractivity contribution in [2.75, 3.05) is 7.05 Å². The van der Waals surface area contributed by atoms with E-state index in [0.717, 1.165) is 10.9 Å². The Hall–Kier alpha value is -1.12. The summed E-state index contributed by atoms with van der Waals surface area (Å²) in [6, 6.07) is 15.6. The van der Waals surface area contributed by atoms with Gasteiger partial charge in [-0.15, -0.1) is 0 Å². The maximum atomic E-state index is 3.52. The molecular weight excluding hydrogens is 298 g/mol. The molecule has 0 heterocycles. The molecule has 0 saturated heterocycles. The van der Waals surface area contributed by atoms with Gasteiger partial charge in [-0.25, -0.2) is 0 Å². The molecule has 0 aliphatic rings. The molecule has 100 valence electrons. The second kappa shape index (κ2) is 6.36. The van der Waals surface area contributed by atoms with Crippen molar-refractivity contribution in [2.24, 2.45) is 0 Å².